The van der Waals surface area contributed by atoms with Gasteiger partial charge in [-0.2, -0.15) is 0 Å². The lowest BCUT2D eigenvalue weighted by Gasteiger charge is -2.16. The Labute approximate surface area is 125 Å². The molecule has 0 spiro atoms. The van der Waals surface area contributed by atoms with Gasteiger partial charge in [-0.25, -0.2) is 4.79 Å². The van der Waals surface area contributed by atoms with Crippen molar-refractivity contribution in [2.75, 3.05) is 0 Å². The summed E-state index contributed by atoms with van der Waals surface area (Å²) in [5, 5.41) is 11.9. The summed E-state index contributed by atoms with van der Waals surface area (Å²) in [6.07, 6.45) is 6.11. The van der Waals surface area contributed by atoms with Gasteiger partial charge in [0.15, 0.2) is 0 Å². The number of rotatable bonds is 7. The van der Waals surface area contributed by atoms with Crippen LogP contribution >= 0.6 is 0 Å². The van der Waals surface area contributed by atoms with Crippen molar-refractivity contribution in [2.45, 2.75) is 51.0 Å². The summed E-state index contributed by atoms with van der Waals surface area (Å²) in [4.78, 5) is 23.2. The zero-order chi connectivity index (χ0) is 15.1. The van der Waals surface area contributed by atoms with Crippen molar-refractivity contribution in [1.29, 1.82) is 0 Å². The van der Waals surface area contributed by atoms with Crippen LogP contribution in [0.3, 0.4) is 0 Å². The molecule has 0 radical (unpaired) electrons. The van der Waals surface area contributed by atoms with Crippen LogP contribution < -0.4 is 5.32 Å². The van der Waals surface area contributed by atoms with E-state index in [-0.39, 0.29) is 5.91 Å². The molecule has 1 aromatic carbocycles. The van der Waals surface area contributed by atoms with Gasteiger partial charge in [-0.15, -0.1) is 0 Å². The monoisotopic (exact) mass is 289 g/mol. The molecule has 1 aliphatic rings. The molecule has 21 heavy (non-hydrogen) atoms. The first-order valence-corrected chi connectivity index (χ1v) is 7.71. The van der Waals surface area contributed by atoms with Gasteiger partial charge in [0.05, 0.1) is 0 Å². The standard InChI is InChI=1S/C17H23NO3/c19-16(12-14-8-4-5-9-14)18-15(17(20)21)11-10-13-6-2-1-3-7-13/h1-3,6-7,14-15H,4-5,8-12H2,(H,18,19)(H,20,21). The van der Waals surface area contributed by atoms with Crippen molar-refractivity contribution in [1.82, 2.24) is 5.32 Å². The molecule has 1 saturated carbocycles. The fourth-order valence-electron chi connectivity index (χ4n) is 2.94. The Morgan fingerprint density at radius 2 is 1.86 bits per heavy atom. The van der Waals surface area contributed by atoms with E-state index < -0.39 is 12.0 Å². The number of nitrogens with one attached hydrogen (secondary N) is 1. The summed E-state index contributed by atoms with van der Waals surface area (Å²) in [7, 11) is 0. The van der Waals surface area contributed by atoms with Crippen molar-refractivity contribution in [2.24, 2.45) is 5.92 Å². The van der Waals surface area contributed by atoms with Gasteiger partial charge in [0.1, 0.15) is 6.04 Å². The van der Waals surface area contributed by atoms with E-state index in [4.69, 9.17) is 0 Å². The first kappa shape index (κ1) is 15.5. The molecule has 2 rings (SSSR count). The number of hydrogen-bond donors (Lipinski definition) is 2. The molecule has 2 N–H and O–H groups in total. The van der Waals surface area contributed by atoms with Gasteiger partial charge in [-0.05, 0) is 37.2 Å². The second kappa shape index (κ2) is 7.81. The van der Waals surface area contributed by atoms with Crippen LogP contribution in [0.2, 0.25) is 0 Å². The lowest BCUT2D eigenvalue weighted by atomic mass is 10.0. The lowest BCUT2D eigenvalue weighted by Crippen LogP contribution is -2.41. The van der Waals surface area contributed by atoms with Crippen LogP contribution in [0.5, 0.6) is 0 Å². The minimum absolute atomic E-state index is 0.123. The Bertz CT molecular complexity index is 466. The number of amides is 1. The van der Waals surface area contributed by atoms with Crippen molar-refractivity contribution in [3.05, 3.63) is 35.9 Å². The highest BCUT2D eigenvalue weighted by molar-refractivity contribution is 5.83. The number of aliphatic carboxylic acids is 1. The number of hydrogen-bond acceptors (Lipinski definition) is 2. The van der Waals surface area contributed by atoms with Gasteiger partial charge < -0.3 is 10.4 Å². The molecule has 1 aromatic rings. The highest BCUT2D eigenvalue weighted by Crippen LogP contribution is 2.27. The van der Waals surface area contributed by atoms with Crippen LogP contribution in [0.15, 0.2) is 30.3 Å². The lowest BCUT2D eigenvalue weighted by molar-refractivity contribution is -0.142. The molecule has 4 heteroatoms. The Hall–Kier alpha value is -1.84. The van der Waals surface area contributed by atoms with Gasteiger partial charge in [0.2, 0.25) is 5.91 Å². The van der Waals surface area contributed by atoms with E-state index in [1.807, 2.05) is 30.3 Å². The maximum atomic E-state index is 12.0. The highest BCUT2D eigenvalue weighted by atomic mass is 16.4. The molecule has 0 aliphatic heterocycles. The molecule has 1 amide bonds. The molecule has 0 heterocycles. The second-order valence-corrected chi connectivity index (χ2v) is 5.84. The molecule has 1 atom stereocenters. The number of aryl methyl sites for hydroxylation is 1. The zero-order valence-corrected chi connectivity index (χ0v) is 12.3. The van der Waals surface area contributed by atoms with E-state index in [9.17, 15) is 14.7 Å². The summed E-state index contributed by atoms with van der Waals surface area (Å²) in [5.74, 6) is -0.637. The number of carboxylic acid groups (broad SMARTS) is 1. The third-order valence-electron chi connectivity index (χ3n) is 4.15. The van der Waals surface area contributed by atoms with E-state index in [0.717, 1.165) is 18.4 Å². The predicted molar refractivity (Wildman–Crippen MR) is 80.9 cm³/mol. The van der Waals surface area contributed by atoms with Gasteiger partial charge in [-0.3, -0.25) is 4.79 Å². The first-order chi connectivity index (χ1) is 10.1. The molecule has 4 nitrogen and oxygen atoms in total. The third kappa shape index (κ3) is 5.21. The summed E-state index contributed by atoms with van der Waals surface area (Å²) in [5.41, 5.74) is 1.09. The zero-order valence-electron chi connectivity index (χ0n) is 12.3. The Balaban J connectivity index is 1.81. The van der Waals surface area contributed by atoms with Crippen LogP contribution in [-0.4, -0.2) is 23.0 Å². The number of benzene rings is 1. The normalized spacial score (nSPS) is 16.6. The number of carbonyl (C=O) groups excluding carboxylic acids is 1. The Kier molecular flexibility index (Phi) is 5.78. The van der Waals surface area contributed by atoms with Gasteiger partial charge >= 0.3 is 5.97 Å². The Morgan fingerprint density at radius 1 is 1.19 bits per heavy atom. The fourth-order valence-corrected chi connectivity index (χ4v) is 2.94. The molecule has 1 fully saturated rings. The SMILES string of the molecule is O=C(CC1CCCC1)NC(CCc1ccccc1)C(=O)O. The summed E-state index contributed by atoms with van der Waals surface area (Å²) in [6.45, 7) is 0. The number of carbonyl (C=O) groups is 2. The molecule has 0 bridgehead atoms. The van der Waals surface area contributed by atoms with Crippen molar-refractivity contribution in [3.63, 3.8) is 0 Å². The minimum Gasteiger partial charge on any atom is -0.480 e. The molecular formula is C17H23NO3. The van der Waals surface area contributed by atoms with Crippen LogP contribution in [0, 0.1) is 5.92 Å². The average molecular weight is 289 g/mol. The third-order valence-corrected chi connectivity index (χ3v) is 4.15. The summed E-state index contributed by atoms with van der Waals surface area (Å²) < 4.78 is 0. The van der Waals surface area contributed by atoms with Crippen LogP contribution in [0.1, 0.15) is 44.1 Å². The van der Waals surface area contributed by atoms with Crippen LogP contribution in [0.4, 0.5) is 0 Å². The van der Waals surface area contributed by atoms with E-state index in [1.165, 1.54) is 12.8 Å². The maximum absolute atomic E-state index is 12.0. The molecule has 1 aliphatic carbocycles. The minimum atomic E-state index is -0.953. The maximum Gasteiger partial charge on any atom is 0.326 e. The molecule has 114 valence electrons. The van der Waals surface area contributed by atoms with E-state index in [0.29, 0.717) is 25.2 Å². The Morgan fingerprint density at radius 3 is 2.48 bits per heavy atom. The molecule has 0 aromatic heterocycles. The topological polar surface area (TPSA) is 66.4 Å². The average Bonchev–Trinajstić information content (AvgIpc) is 2.97. The number of carboxylic acids is 1. The smallest absolute Gasteiger partial charge is 0.326 e. The molecular weight excluding hydrogens is 266 g/mol. The highest BCUT2D eigenvalue weighted by Gasteiger charge is 2.23. The molecule has 1 unspecified atom stereocenters. The van der Waals surface area contributed by atoms with Crippen LogP contribution in [0.25, 0.3) is 0 Å². The first-order valence-electron chi connectivity index (χ1n) is 7.71. The summed E-state index contributed by atoms with van der Waals surface area (Å²) in [6, 6.07) is 8.95. The van der Waals surface area contributed by atoms with Crippen molar-refractivity contribution in [3.8, 4) is 0 Å². The van der Waals surface area contributed by atoms with Gasteiger partial charge in [0, 0.05) is 6.42 Å². The molecule has 0 saturated heterocycles. The second-order valence-electron chi connectivity index (χ2n) is 5.84. The largest absolute Gasteiger partial charge is 0.480 e. The predicted octanol–water partition coefficient (Wildman–Crippen LogP) is 2.77. The van der Waals surface area contributed by atoms with Gasteiger partial charge in [-0.1, -0.05) is 43.2 Å². The van der Waals surface area contributed by atoms with Gasteiger partial charge in [0.25, 0.3) is 0 Å². The van der Waals surface area contributed by atoms with E-state index in [2.05, 4.69) is 5.32 Å². The van der Waals surface area contributed by atoms with E-state index in [1.54, 1.807) is 0 Å². The van der Waals surface area contributed by atoms with Crippen LogP contribution in [-0.2, 0) is 16.0 Å². The van der Waals surface area contributed by atoms with Crippen molar-refractivity contribution >= 4 is 11.9 Å². The quantitative estimate of drug-likeness (QED) is 0.811. The summed E-state index contributed by atoms with van der Waals surface area (Å²) >= 11 is 0. The fraction of sp³-hybridized carbons (Fsp3) is 0.529. The van der Waals surface area contributed by atoms with E-state index >= 15 is 0 Å². The van der Waals surface area contributed by atoms with Crippen molar-refractivity contribution < 1.29 is 14.7 Å².